The molecule has 3 N–H and O–H groups in total. The van der Waals surface area contributed by atoms with Gasteiger partial charge in [-0.2, -0.15) is 0 Å². The Morgan fingerprint density at radius 3 is 2.78 bits per heavy atom. The summed E-state index contributed by atoms with van der Waals surface area (Å²) in [6.45, 7) is 1.41. The zero-order valence-corrected chi connectivity index (χ0v) is 11.2. The lowest BCUT2D eigenvalue weighted by molar-refractivity contribution is 0.288. The van der Waals surface area contributed by atoms with Crippen LogP contribution in [0.15, 0.2) is 18.2 Å². The molecule has 1 aromatic carbocycles. The summed E-state index contributed by atoms with van der Waals surface area (Å²) >= 11 is 6.05. The van der Waals surface area contributed by atoms with Crippen molar-refractivity contribution in [3.05, 3.63) is 34.6 Å². The summed E-state index contributed by atoms with van der Waals surface area (Å²) in [6.07, 6.45) is 5.27. The number of benzene rings is 1. The maximum Gasteiger partial charge on any atom is 0.124 e. The van der Waals surface area contributed by atoms with Crippen molar-refractivity contribution >= 4 is 11.6 Å². The molecule has 0 bridgehead atoms. The van der Waals surface area contributed by atoms with Crippen LogP contribution in [0.4, 0.5) is 4.39 Å². The summed E-state index contributed by atoms with van der Waals surface area (Å²) < 4.78 is 13.0. The highest BCUT2D eigenvalue weighted by atomic mass is 35.5. The average Bonchev–Trinajstić information content (AvgIpc) is 2.28. The normalized spacial score (nSPS) is 17.5. The second-order valence-electron chi connectivity index (χ2n) is 4.99. The van der Waals surface area contributed by atoms with Crippen molar-refractivity contribution in [2.75, 3.05) is 13.1 Å². The Kier molecular flexibility index (Phi) is 4.98. The monoisotopic (exact) mass is 270 g/mol. The molecule has 0 aromatic heterocycles. The summed E-state index contributed by atoms with van der Waals surface area (Å²) in [4.78, 5) is 0. The molecular formula is C14H20ClFN2. The first-order chi connectivity index (χ1) is 8.70. The van der Waals surface area contributed by atoms with E-state index < -0.39 is 0 Å². The molecule has 1 aliphatic carbocycles. The first kappa shape index (κ1) is 13.8. The maximum absolute atomic E-state index is 13.0. The van der Waals surface area contributed by atoms with Crippen LogP contribution >= 0.6 is 11.6 Å². The van der Waals surface area contributed by atoms with Gasteiger partial charge in [0.2, 0.25) is 0 Å². The molecule has 4 heteroatoms. The molecule has 1 fully saturated rings. The van der Waals surface area contributed by atoms with E-state index in [1.54, 1.807) is 6.07 Å². The fourth-order valence-electron chi connectivity index (χ4n) is 2.35. The summed E-state index contributed by atoms with van der Waals surface area (Å²) in [7, 11) is 0. The van der Waals surface area contributed by atoms with E-state index >= 15 is 0 Å². The molecule has 0 aliphatic heterocycles. The lowest BCUT2D eigenvalue weighted by Crippen LogP contribution is -2.31. The highest BCUT2D eigenvalue weighted by Gasteiger charge is 2.18. The summed E-state index contributed by atoms with van der Waals surface area (Å²) in [5, 5.41) is 3.86. The zero-order chi connectivity index (χ0) is 13.0. The summed E-state index contributed by atoms with van der Waals surface area (Å²) in [6, 6.07) is 4.49. The Hall–Kier alpha value is -0.640. The van der Waals surface area contributed by atoms with Crippen molar-refractivity contribution in [3.63, 3.8) is 0 Å². The van der Waals surface area contributed by atoms with Gasteiger partial charge in [-0.15, -0.1) is 0 Å². The number of nitrogens with one attached hydrogen (secondary N) is 1. The van der Waals surface area contributed by atoms with Crippen molar-refractivity contribution in [1.82, 2.24) is 5.32 Å². The quantitative estimate of drug-likeness (QED) is 0.833. The van der Waals surface area contributed by atoms with Crippen LogP contribution in [0.5, 0.6) is 0 Å². The van der Waals surface area contributed by atoms with E-state index in [2.05, 4.69) is 5.32 Å². The Bertz CT molecular complexity index is 393. The van der Waals surface area contributed by atoms with Gasteiger partial charge >= 0.3 is 0 Å². The highest BCUT2D eigenvalue weighted by molar-refractivity contribution is 6.31. The third-order valence-electron chi connectivity index (χ3n) is 3.74. The van der Waals surface area contributed by atoms with Crippen LogP contribution in [-0.2, 0) is 0 Å². The van der Waals surface area contributed by atoms with E-state index in [0.717, 1.165) is 18.0 Å². The van der Waals surface area contributed by atoms with E-state index in [9.17, 15) is 4.39 Å². The number of hydrogen-bond acceptors (Lipinski definition) is 2. The average molecular weight is 271 g/mol. The van der Waals surface area contributed by atoms with Gasteiger partial charge in [-0.1, -0.05) is 36.9 Å². The highest BCUT2D eigenvalue weighted by Crippen LogP contribution is 2.29. The van der Waals surface area contributed by atoms with E-state index in [1.807, 2.05) is 0 Å². The molecule has 0 radical (unpaired) electrons. The molecule has 1 unspecified atom stereocenters. The molecular weight excluding hydrogens is 251 g/mol. The molecule has 0 heterocycles. The molecule has 0 saturated heterocycles. The van der Waals surface area contributed by atoms with Gasteiger partial charge in [0, 0.05) is 17.6 Å². The Morgan fingerprint density at radius 1 is 1.44 bits per heavy atom. The van der Waals surface area contributed by atoms with Gasteiger partial charge in [-0.25, -0.2) is 4.39 Å². The molecule has 1 aromatic rings. The van der Waals surface area contributed by atoms with Crippen LogP contribution in [-0.4, -0.2) is 13.1 Å². The van der Waals surface area contributed by atoms with E-state index in [4.69, 9.17) is 17.3 Å². The standard InChI is InChI=1S/C14H20ClFN2/c15-13-8-11(16)4-5-12(13)14(9-17)18-7-6-10-2-1-3-10/h4-5,8,10,14,18H,1-3,6-7,9,17H2. The number of halogens is 2. The van der Waals surface area contributed by atoms with E-state index in [-0.39, 0.29) is 11.9 Å². The molecule has 0 spiro atoms. The van der Waals surface area contributed by atoms with Crippen LogP contribution in [0.2, 0.25) is 5.02 Å². The van der Waals surface area contributed by atoms with Gasteiger partial charge in [0.05, 0.1) is 0 Å². The smallest absolute Gasteiger partial charge is 0.124 e. The summed E-state index contributed by atoms with van der Waals surface area (Å²) in [5.41, 5.74) is 6.64. The molecule has 18 heavy (non-hydrogen) atoms. The molecule has 2 nitrogen and oxygen atoms in total. The molecule has 1 atom stereocenters. The minimum Gasteiger partial charge on any atom is -0.329 e. The molecule has 1 aliphatic rings. The van der Waals surface area contributed by atoms with Crippen LogP contribution in [0.3, 0.4) is 0 Å². The van der Waals surface area contributed by atoms with Crippen LogP contribution < -0.4 is 11.1 Å². The first-order valence-corrected chi connectivity index (χ1v) is 6.97. The van der Waals surface area contributed by atoms with Crippen molar-refractivity contribution in [2.24, 2.45) is 11.7 Å². The molecule has 1 saturated carbocycles. The number of hydrogen-bond donors (Lipinski definition) is 2. The predicted octanol–water partition coefficient (Wildman–Crippen LogP) is 3.26. The van der Waals surface area contributed by atoms with E-state index in [0.29, 0.717) is 11.6 Å². The maximum atomic E-state index is 13.0. The fourth-order valence-corrected chi connectivity index (χ4v) is 2.65. The molecule has 2 rings (SSSR count). The van der Waals surface area contributed by atoms with Crippen molar-refractivity contribution in [2.45, 2.75) is 31.7 Å². The largest absolute Gasteiger partial charge is 0.329 e. The third-order valence-corrected chi connectivity index (χ3v) is 4.07. The minimum atomic E-state index is -0.311. The van der Waals surface area contributed by atoms with Gasteiger partial charge in [-0.3, -0.25) is 0 Å². The van der Waals surface area contributed by atoms with Gasteiger partial charge in [0.25, 0.3) is 0 Å². The van der Waals surface area contributed by atoms with Gasteiger partial charge in [0.15, 0.2) is 0 Å². The second-order valence-corrected chi connectivity index (χ2v) is 5.40. The molecule has 0 amide bonds. The van der Waals surface area contributed by atoms with Gasteiger partial charge < -0.3 is 11.1 Å². The van der Waals surface area contributed by atoms with Gasteiger partial charge in [0.1, 0.15) is 5.82 Å². The zero-order valence-electron chi connectivity index (χ0n) is 10.5. The van der Waals surface area contributed by atoms with Crippen LogP contribution in [0.1, 0.15) is 37.3 Å². The van der Waals surface area contributed by atoms with Gasteiger partial charge in [-0.05, 0) is 36.6 Å². The van der Waals surface area contributed by atoms with Crippen LogP contribution in [0.25, 0.3) is 0 Å². The Morgan fingerprint density at radius 2 is 2.22 bits per heavy atom. The predicted molar refractivity (Wildman–Crippen MR) is 73.2 cm³/mol. The fraction of sp³-hybridized carbons (Fsp3) is 0.571. The Balaban J connectivity index is 1.89. The molecule has 100 valence electrons. The number of rotatable bonds is 6. The van der Waals surface area contributed by atoms with Crippen molar-refractivity contribution < 1.29 is 4.39 Å². The van der Waals surface area contributed by atoms with E-state index in [1.165, 1.54) is 37.8 Å². The topological polar surface area (TPSA) is 38.0 Å². The van der Waals surface area contributed by atoms with Crippen LogP contribution in [0, 0.1) is 11.7 Å². The third kappa shape index (κ3) is 3.44. The SMILES string of the molecule is NCC(NCCC1CCC1)c1ccc(F)cc1Cl. The second kappa shape index (κ2) is 6.50. The van der Waals surface area contributed by atoms with Crippen molar-refractivity contribution in [3.8, 4) is 0 Å². The first-order valence-electron chi connectivity index (χ1n) is 6.59. The lowest BCUT2D eigenvalue weighted by atomic mass is 9.83. The lowest BCUT2D eigenvalue weighted by Gasteiger charge is -2.26. The minimum absolute atomic E-state index is 0.0122. The number of nitrogens with two attached hydrogens (primary N) is 1. The Labute approximate surface area is 113 Å². The summed E-state index contributed by atoms with van der Waals surface area (Å²) in [5.74, 6) is 0.564. The van der Waals surface area contributed by atoms with Crippen molar-refractivity contribution in [1.29, 1.82) is 0 Å².